The average Bonchev–Trinajstić information content (AvgIpc) is 2.03. The van der Waals surface area contributed by atoms with Crippen LogP contribution >= 0.6 is 0 Å². The molecule has 3 nitrogen and oxygen atoms in total. The van der Waals surface area contributed by atoms with Crippen LogP contribution in [0.1, 0.15) is 20.8 Å². The van der Waals surface area contributed by atoms with Crippen LogP contribution in [0.3, 0.4) is 0 Å². The molecule has 0 unspecified atom stereocenters. The molecule has 0 aromatic rings. The Labute approximate surface area is 95.3 Å². The minimum absolute atomic E-state index is 0.315. The first-order valence-electron chi connectivity index (χ1n) is 5.81. The van der Waals surface area contributed by atoms with Gasteiger partial charge >= 0.3 is 0 Å². The summed E-state index contributed by atoms with van der Waals surface area (Å²) in [5, 5.41) is 0. The van der Waals surface area contributed by atoms with Crippen molar-refractivity contribution in [1.29, 1.82) is 0 Å². The van der Waals surface area contributed by atoms with Gasteiger partial charge < -0.3 is 0 Å². The fourth-order valence-corrected chi connectivity index (χ4v) is 3.33. The zero-order chi connectivity index (χ0) is 11.1. The van der Waals surface area contributed by atoms with E-state index < -0.39 is 10.8 Å². The minimum atomic E-state index is -0.536. The first kappa shape index (κ1) is 11.6. The van der Waals surface area contributed by atoms with E-state index in [1.165, 1.54) is 13.1 Å². The SMILES string of the molecule is CC(C)(C)N1CC(N2CCS(=O)CC2)C1. The third-order valence-electron chi connectivity index (χ3n) is 3.54. The van der Waals surface area contributed by atoms with Crippen LogP contribution in [0, 0.1) is 0 Å². The van der Waals surface area contributed by atoms with E-state index in [0.29, 0.717) is 5.54 Å². The zero-order valence-electron chi connectivity index (χ0n) is 10.0. The number of hydrogen-bond donors (Lipinski definition) is 0. The third kappa shape index (κ3) is 2.60. The van der Waals surface area contributed by atoms with Crippen molar-refractivity contribution in [2.75, 3.05) is 37.7 Å². The topological polar surface area (TPSA) is 23.6 Å². The lowest BCUT2D eigenvalue weighted by atomic mass is 9.96. The Balaban J connectivity index is 1.77. The molecule has 2 heterocycles. The van der Waals surface area contributed by atoms with Crippen LogP contribution in [-0.4, -0.2) is 63.3 Å². The molecule has 15 heavy (non-hydrogen) atoms. The van der Waals surface area contributed by atoms with Crippen LogP contribution in [0.5, 0.6) is 0 Å². The van der Waals surface area contributed by atoms with Crippen LogP contribution in [-0.2, 0) is 10.8 Å². The zero-order valence-corrected chi connectivity index (χ0v) is 10.8. The van der Waals surface area contributed by atoms with Gasteiger partial charge in [0.05, 0.1) is 0 Å². The number of nitrogens with zero attached hydrogens (tertiary/aromatic N) is 2. The summed E-state index contributed by atoms with van der Waals surface area (Å²) in [5.74, 6) is 1.76. The van der Waals surface area contributed by atoms with E-state index in [2.05, 4.69) is 30.6 Å². The fourth-order valence-electron chi connectivity index (χ4n) is 2.25. The molecule has 0 aromatic heterocycles. The van der Waals surface area contributed by atoms with Crippen molar-refractivity contribution in [1.82, 2.24) is 9.80 Å². The van der Waals surface area contributed by atoms with E-state index in [0.717, 1.165) is 30.6 Å². The normalized spacial score (nSPS) is 27.9. The second-order valence-corrected chi connectivity index (χ2v) is 7.31. The monoisotopic (exact) mass is 230 g/mol. The maximum atomic E-state index is 11.2. The lowest BCUT2D eigenvalue weighted by molar-refractivity contribution is -0.0188. The van der Waals surface area contributed by atoms with Crippen molar-refractivity contribution in [3.05, 3.63) is 0 Å². The van der Waals surface area contributed by atoms with Crippen molar-refractivity contribution in [2.24, 2.45) is 0 Å². The maximum Gasteiger partial charge on any atom is 0.0363 e. The first-order chi connectivity index (χ1) is 6.97. The Kier molecular flexibility index (Phi) is 3.20. The lowest BCUT2D eigenvalue weighted by Gasteiger charge is -2.52. The summed E-state index contributed by atoms with van der Waals surface area (Å²) >= 11 is 0. The molecule has 2 aliphatic heterocycles. The van der Waals surface area contributed by atoms with Gasteiger partial charge in [-0.3, -0.25) is 14.0 Å². The van der Waals surface area contributed by atoms with Crippen molar-refractivity contribution >= 4 is 10.8 Å². The predicted molar refractivity (Wildman–Crippen MR) is 64.6 cm³/mol. The first-order valence-corrected chi connectivity index (χ1v) is 7.30. The highest BCUT2D eigenvalue weighted by Crippen LogP contribution is 2.24. The third-order valence-corrected chi connectivity index (χ3v) is 4.82. The Morgan fingerprint density at radius 1 is 1.13 bits per heavy atom. The molecule has 2 saturated heterocycles. The smallest absolute Gasteiger partial charge is 0.0363 e. The van der Waals surface area contributed by atoms with Gasteiger partial charge in [0.2, 0.25) is 0 Å². The van der Waals surface area contributed by atoms with Gasteiger partial charge in [0.1, 0.15) is 0 Å². The molecule has 2 fully saturated rings. The highest BCUT2D eigenvalue weighted by molar-refractivity contribution is 7.85. The number of rotatable bonds is 1. The van der Waals surface area contributed by atoms with Gasteiger partial charge in [-0.1, -0.05) is 0 Å². The van der Waals surface area contributed by atoms with Gasteiger partial charge in [0.15, 0.2) is 0 Å². The summed E-state index contributed by atoms with van der Waals surface area (Å²) in [6.45, 7) is 11.3. The molecular weight excluding hydrogens is 208 g/mol. The van der Waals surface area contributed by atoms with E-state index in [4.69, 9.17) is 0 Å². The van der Waals surface area contributed by atoms with Crippen LogP contribution in [0.4, 0.5) is 0 Å². The Morgan fingerprint density at radius 3 is 2.13 bits per heavy atom. The van der Waals surface area contributed by atoms with Crippen molar-refractivity contribution < 1.29 is 4.21 Å². The highest BCUT2D eigenvalue weighted by Gasteiger charge is 2.38. The quantitative estimate of drug-likeness (QED) is 0.657. The van der Waals surface area contributed by atoms with Gasteiger partial charge in [-0.05, 0) is 20.8 Å². The summed E-state index contributed by atoms with van der Waals surface area (Å²) < 4.78 is 11.2. The van der Waals surface area contributed by atoms with E-state index in [9.17, 15) is 4.21 Å². The average molecular weight is 230 g/mol. The van der Waals surface area contributed by atoms with Gasteiger partial charge in [-0.25, -0.2) is 0 Å². The van der Waals surface area contributed by atoms with Crippen LogP contribution < -0.4 is 0 Å². The summed E-state index contributed by atoms with van der Waals surface area (Å²) in [5.41, 5.74) is 0.315. The number of hydrogen-bond acceptors (Lipinski definition) is 3. The molecule has 0 spiro atoms. The second kappa shape index (κ2) is 4.15. The molecule has 0 radical (unpaired) electrons. The Morgan fingerprint density at radius 2 is 1.67 bits per heavy atom. The largest absolute Gasteiger partial charge is 0.296 e. The van der Waals surface area contributed by atoms with E-state index in [1.54, 1.807) is 0 Å². The fraction of sp³-hybridized carbons (Fsp3) is 1.00. The standard InChI is InChI=1S/C11H22N2OS/c1-11(2,3)13-8-10(9-13)12-4-6-15(14)7-5-12/h10H,4-9H2,1-3H3. The predicted octanol–water partition coefficient (Wildman–Crippen LogP) is 0.533. The Bertz CT molecular complexity index is 246. The second-order valence-electron chi connectivity index (χ2n) is 5.61. The summed E-state index contributed by atoms with van der Waals surface area (Å²) in [7, 11) is -0.536. The molecular formula is C11H22N2OS. The molecule has 0 bridgehead atoms. The maximum absolute atomic E-state index is 11.2. The number of likely N-dealkylation sites (tertiary alicyclic amines) is 1. The molecule has 0 aromatic carbocycles. The molecule has 0 amide bonds. The van der Waals surface area contributed by atoms with Crippen LogP contribution in [0.15, 0.2) is 0 Å². The lowest BCUT2D eigenvalue weighted by Crippen LogP contribution is -2.65. The van der Waals surface area contributed by atoms with E-state index in [1.807, 2.05) is 0 Å². The molecule has 4 heteroatoms. The Hall–Kier alpha value is 0.0700. The van der Waals surface area contributed by atoms with Gasteiger partial charge in [0.25, 0.3) is 0 Å². The van der Waals surface area contributed by atoms with E-state index >= 15 is 0 Å². The molecule has 0 aliphatic carbocycles. The molecule has 2 aliphatic rings. The summed E-state index contributed by atoms with van der Waals surface area (Å²) in [6, 6.07) is 0.724. The molecule has 0 N–H and O–H groups in total. The molecule has 88 valence electrons. The molecule has 2 rings (SSSR count). The van der Waals surface area contributed by atoms with Crippen LogP contribution in [0.25, 0.3) is 0 Å². The summed E-state index contributed by atoms with van der Waals surface area (Å²) in [6.07, 6.45) is 0. The van der Waals surface area contributed by atoms with Crippen LogP contribution in [0.2, 0.25) is 0 Å². The van der Waals surface area contributed by atoms with Gasteiger partial charge in [0, 0.05) is 60.1 Å². The van der Waals surface area contributed by atoms with Crippen molar-refractivity contribution in [2.45, 2.75) is 32.4 Å². The van der Waals surface area contributed by atoms with Crippen molar-refractivity contribution in [3.8, 4) is 0 Å². The molecule has 0 atom stereocenters. The minimum Gasteiger partial charge on any atom is -0.296 e. The van der Waals surface area contributed by atoms with E-state index in [-0.39, 0.29) is 0 Å². The van der Waals surface area contributed by atoms with Gasteiger partial charge in [-0.15, -0.1) is 0 Å². The van der Waals surface area contributed by atoms with Gasteiger partial charge in [-0.2, -0.15) is 0 Å². The highest BCUT2D eigenvalue weighted by atomic mass is 32.2. The summed E-state index contributed by atoms with van der Waals surface area (Å²) in [4.78, 5) is 5.03. The molecule has 0 saturated carbocycles. The van der Waals surface area contributed by atoms with Crippen molar-refractivity contribution in [3.63, 3.8) is 0 Å².